The van der Waals surface area contributed by atoms with E-state index in [0.29, 0.717) is 23.0 Å². The second-order valence-corrected chi connectivity index (χ2v) is 5.47. The zero-order valence-electron chi connectivity index (χ0n) is 13.3. The maximum Gasteiger partial charge on any atom is 0.276 e. The van der Waals surface area contributed by atoms with Gasteiger partial charge in [-0.3, -0.25) is 9.89 Å². The first-order valence-corrected chi connectivity index (χ1v) is 7.62. The van der Waals surface area contributed by atoms with Gasteiger partial charge in [-0.15, -0.1) is 0 Å². The molecular weight excluding hydrogens is 320 g/mol. The number of aromatic nitrogens is 3. The summed E-state index contributed by atoms with van der Waals surface area (Å²) in [5.41, 5.74) is 3.11. The summed E-state index contributed by atoms with van der Waals surface area (Å²) in [5, 5.41) is 9.62. The molecule has 4 aromatic rings. The fourth-order valence-electron chi connectivity index (χ4n) is 2.41. The Labute approximate surface area is 142 Å². The molecule has 7 nitrogen and oxygen atoms in total. The molecule has 2 N–H and O–H groups in total. The van der Waals surface area contributed by atoms with Crippen molar-refractivity contribution >= 4 is 11.6 Å². The summed E-state index contributed by atoms with van der Waals surface area (Å²) in [6.07, 6.45) is 3.15. The fraction of sp³-hybridized carbons (Fsp3) is 0.0556. The van der Waals surface area contributed by atoms with Crippen LogP contribution in [0.15, 0.2) is 63.8 Å². The first-order chi connectivity index (χ1) is 12.2. The van der Waals surface area contributed by atoms with E-state index in [-0.39, 0.29) is 11.6 Å². The summed E-state index contributed by atoms with van der Waals surface area (Å²) >= 11 is 0. The minimum Gasteiger partial charge on any atom is -0.463 e. The number of nitrogens with one attached hydrogen (secondary N) is 2. The second-order valence-electron chi connectivity index (χ2n) is 5.47. The Bertz CT molecular complexity index is 1010. The van der Waals surface area contributed by atoms with Crippen molar-refractivity contribution in [2.75, 3.05) is 5.32 Å². The molecule has 0 fully saturated rings. The predicted octanol–water partition coefficient (Wildman–Crippen LogP) is 3.89. The molecule has 7 heteroatoms. The van der Waals surface area contributed by atoms with E-state index >= 15 is 0 Å². The Morgan fingerprint density at radius 3 is 2.84 bits per heavy atom. The van der Waals surface area contributed by atoms with Gasteiger partial charge < -0.3 is 14.2 Å². The van der Waals surface area contributed by atoms with E-state index in [2.05, 4.69) is 20.5 Å². The minimum absolute atomic E-state index is 0.267. The highest BCUT2D eigenvalue weighted by Crippen LogP contribution is 2.23. The molecule has 0 aliphatic rings. The van der Waals surface area contributed by atoms with E-state index in [4.69, 9.17) is 8.83 Å². The van der Waals surface area contributed by atoms with Gasteiger partial charge in [0.15, 0.2) is 11.5 Å². The van der Waals surface area contributed by atoms with Crippen molar-refractivity contribution in [1.29, 1.82) is 0 Å². The van der Waals surface area contributed by atoms with Gasteiger partial charge in [0.25, 0.3) is 5.91 Å². The lowest BCUT2D eigenvalue weighted by atomic mass is 10.2. The number of rotatable bonds is 4. The number of aryl methyl sites for hydroxylation is 1. The Hall–Kier alpha value is -3.61. The van der Waals surface area contributed by atoms with E-state index in [1.807, 2.05) is 19.1 Å². The van der Waals surface area contributed by atoms with Crippen LogP contribution in [0.25, 0.3) is 22.9 Å². The van der Waals surface area contributed by atoms with Crippen molar-refractivity contribution < 1.29 is 13.6 Å². The number of nitrogens with zero attached hydrogens (tertiary/aromatic N) is 2. The second kappa shape index (κ2) is 6.12. The van der Waals surface area contributed by atoms with E-state index < -0.39 is 0 Å². The summed E-state index contributed by atoms with van der Waals surface area (Å²) in [5.74, 6) is 0.802. The van der Waals surface area contributed by atoms with Crippen LogP contribution in [0.3, 0.4) is 0 Å². The maximum atomic E-state index is 12.4. The van der Waals surface area contributed by atoms with Gasteiger partial charge in [0.1, 0.15) is 12.0 Å². The lowest BCUT2D eigenvalue weighted by Gasteiger charge is -2.04. The molecule has 0 aliphatic carbocycles. The van der Waals surface area contributed by atoms with Gasteiger partial charge in [0.05, 0.1) is 12.0 Å². The molecular formula is C18H14N4O3. The highest BCUT2D eigenvalue weighted by Gasteiger charge is 2.14. The molecule has 1 aromatic carbocycles. The smallest absolute Gasteiger partial charge is 0.276 e. The molecule has 0 saturated heterocycles. The largest absolute Gasteiger partial charge is 0.463 e. The van der Waals surface area contributed by atoms with Crippen LogP contribution in [0.5, 0.6) is 0 Å². The number of carbonyl (C=O) groups is 1. The predicted molar refractivity (Wildman–Crippen MR) is 90.9 cm³/mol. The van der Waals surface area contributed by atoms with Crippen LogP contribution in [0, 0.1) is 6.92 Å². The highest BCUT2D eigenvalue weighted by atomic mass is 16.3. The van der Waals surface area contributed by atoms with E-state index in [1.165, 1.54) is 0 Å². The van der Waals surface area contributed by atoms with E-state index in [9.17, 15) is 4.79 Å². The van der Waals surface area contributed by atoms with Gasteiger partial charge in [-0.05, 0) is 37.3 Å². The molecule has 0 spiro atoms. The zero-order chi connectivity index (χ0) is 17.2. The Kier molecular flexibility index (Phi) is 3.66. The molecule has 0 radical (unpaired) electrons. The number of carbonyl (C=O) groups excluding carboxylic acids is 1. The highest BCUT2D eigenvalue weighted by molar-refractivity contribution is 6.03. The van der Waals surface area contributed by atoms with Crippen LogP contribution < -0.4 is 5.32 Å². The van der Waals surface area contributed by atoms with E-state index in [0.717, 1.165) is 11.3 Å². The monoisotopic (exact) mass is 334 g/mol. The van der Waals surface area contributed by atoms with Gasteiger partial charge in [-0.1, -0.05) is 6.07 Å². The quantitative estimate of drug-likeness (QED) is 0.590. The molecule has 3 aromatic heterocycles. The van der Waals surface area contributed by atoms with Crippen molar-refractivity contribution in [2.45, 2.75) is 6.92 Å². The minimum atomic E-state index is -0.324. The molecule has 124 valence electrons. The number of H-pyrrole nitrogens is 1. The molecule has 0 atom stereocenters. The average molecular weight is 334 g/mol. The molecule has 1 amide bonds. The molecule has 0 bridgehead atoms. The normalized spacial score (nSPS) is 10.8. The first kappa shape index (κ1) is 14.9. The summed E-state index contributed by atoms with van der Waals surface area (Å²) in [7, 11) is 0. The van der Waals surface area contributed by atoms with Crippen molar-refractivity contribution in [3.8, 4) is 22.9 Å². The third kappa shape index (κ3) is 3.07. The third-order valence-corrected chi connectivity index (χ3v) is 3.58. The topological polar surface area (TPSA) is 97.0 Å². The number of oxazole rings is 1. The van der Waals surface area contributed by atoms with Crippen molar-refractivity contribution in [3.63, 3.8) is 0 Å². The standard InChI is InChI=1S/C18H14N4O3/c1-11-10-25-18(19-11)12-4-2-5-13(8-12)20-17(23)15-9-14(21-22-15)16-6-3-7-24-16/h2-10H,1H3,(H,20,23)(H,21,22). The van der Waals surface area contributed by atoms with Crippen LogP contribution in [0.1, 0.15) is 16.2 Å². The van der Waals surface area contributed by atoms with Crippen LogP contribution in [-0.2, 0) is 0 Å². The number of hydrogen-bond acceptors (Lipinski definition) is 5. The number of anilines is 1. The molecule has 3 heterocycles. The summed E-state index contributed by atoms with van der Waals surface area (Å²) in [4.78, 5) is 16.7. The van der Waals surface area contributed by atoms with Crippen molar-refractivity contribution in [2.24, 2.45) is 0 Å². The Morgan fingerprint density at radius 2 is 2.08 bits per heavy atom. The fourth-order valence-corrected chi connectivity index (χ4v) is 2.41. The van der Waals surface area contributed by atoms with Crippen LogP contribution >= 0.6 is 0 Å². The Morgan fingerprint density at radius 1 is 1.16 bits per heavy atom. The summed E-state index contributed by atoms with van der Waals surface area (Å²) < 4.78 is 10.7. The molecule has 25 heavy (non-hydrogen) atoms. The molecule has 4 rings (SSSR count). The van der Waals surface area contributed by atoms with Crippen LogP contribution in [0.4, 0.5) is 5.69 Å². The van der Waals surface area contributed by atoms with Crippen molar-refractivity contribution in [1.82, 2.24) is 15.2 Å². The van der Waals surface area contributed by atoms with Gasteiger partial charge in [0.2, 0.25) is 5.89 Å². The average Bonchev–Trinajstić information content (AvgIpc) is 3.36. The maximum absolute atomic E-state index is 12.4. The lowest BCUT2D eigenvalue weighted by molar-refractivity contribution is 0.102. The third-order valence-electron chi connectivity index (χ3n) is 3.58. The molecule has 0 aliphatic heterocycles. The summed E-state index contributed by atoms with van der Waals surface area (Å²) in [6, 6.07) is 12.5. The molecule has 0 saturated carbocycles. The number of benzene rings is 1. The summed E-state index contributed by atoms with van der Waals surface area (Å²) in [6.45, 7) is 1.85. The molecule has 0 unspecified atom stereocenters. The van der Waals surface area contributed by atoms with Gasteiger partial charge in [-0.25, -0.2) is 4.98 Å². The zero-order valence-corrected chi connectivity index (χ0v) is 13.3. The van der Waals surface area contributed by atoms with E-state index in [1.54, 1.807) is 42.9 Å². The van der Waals surface area contributed by atoms with Crippen molar-refractivity contribution in [3.05, 3.63) is 66.4 Å². The lowest BCUT2D eigenvalue weighted by Crippen LogP contribution is -2.12. The van der Waals surface area contributed by atoms with Gasteiger partial charge in [-0.2, -0.15) is 5.10 Å². The SMILES string of the molecule is Cc1coc(-c2cccc(NC(=O)c3cc(-c4ccco4)[nH]n3)c2)n1. The number of aromatic amines is 1. The number of furan rings is 1. The number of hydrogen-bond donors (Lipinski definition) is 2. The number of amides is 1. The van der Waals surface area contributed by atoms with Crippen LogP contribution in [-0.4, -0.2) is 21.1 Å². The van der Waals surface area contributed by atoms with Crippen LogP contribution in [0.2, 0.25) is 0 Å². The van der Waals surface area contributed by atoms with Gasteiger partial charge in [0, 0.05) is 17.3 Å². The first-order valence-electron chi connectivity index (χ1n) is 7.62. The Balaban J connectivity index is 1.53. The van der Waals surface area contributed by atoms with Gasteiger partial charge >= 0.3 is 0 Å².